The number of unbranched alkanes of at least 4 members (excludes halogenated alkanes) is 22. The van der Waals surface area contributed by atoms with Crippen LogP contribution < -0.4 is 0 Å². The van der Waals surface area contributed by atoms with Crippen molar-refractivity contribution in [2.45, 2.75) is 270 Å². The fraction of sp³-hybridized carbons (Fsp3) is 0.645. The number of carboxylic acids is 1. The van der Waals surface area contributed by atoms with Gasteiger partial charge in [-0.05, 0) is 116 Å². The van der Waals surface area contributed by atoms with Crippen LogP contribution in [0, 0.1) is 0 Å². The van der Waals surface area contributed by atoms with Gasteiger partial charge in [0.05, 0.1) is 34.4 Å². The molecule has 1 N–H and O–H groups in total. The van der Waals surface area contributed by atoms with Crippen molar-refractivity contribution >= 4 is 17.9 Å². The Morgan fingerprint density at radius 3 is 0.941 bits per heavy atom. The first kappa shape index (κ1) is 80.2. The molecule has 0 aliphatic carbocycles. The highest BCUT2D eigenvalue weighted by molar-refractivity contribution is 5.71. The van der Waals surface area contributed by atoms with Crippen molar-refractivity contribution in [1.82, 2.24) is 0 Å². The Labute approximate surface area is 522 Å². The average Bonchev–Trinajstić information content (AvgIpc) is 3.49. The van der Waals surface area contributed by atoms with Crippen LogP contribution in [0.5, 0.6) is 0 Å². The van der Waals surface area contributed by atoms with Gasteiger partial charge in [-0.1, -0.05) is 275 Å². The number of nitrogens with zero attached hydrogens (tertiary/aromatic N) is 1. The summed E-state index contributed by atoms with van der Waals surface area (Å²) in [6.07, 6.45) is 92.3. The lowest BCUT2D eigenvalue weighted by Gasteiger charge is -2.25. The second-order valence-electron chi connectivity index (χ2n) is 23.4. The lowest BCUT2D eigenvalue weighted by atomic mass is 10.0. The molecule has 0 aromatic heterocycles. The summed E-state index contributed by atoms with van der Waals surface area (Å²) in [6.45, 7) is 4.64. The zero-order valence-corrected chi connectivity index (χ0v) is 55.0. The van der Waals surface area contributed by atoms with Gasteiger partial charge in [-0.2, -0.15) is 0 Å². The summed E-state index contributed by atoms with van der Waals surface area (Å²) in [4.78, 5) is 37.6. The number of hydrogen-bond acceptors (Lipinski definition) is 7. The number of carboxylic acid groups (broad SMARTS) is 1. The van der Waals surface area contributed by atoms with Gasteiger partial charge in [-0.25, -0.2) is 4.79 Å². The molecule has 0 aliphatic rings. The first-order valence-electron chi connectivity index (χ1n) is 34.0. The number of esters is 2. The monoisotopic (exact) mass is 1180 g/mol. The first-order valence-corrected chi connectivity index (χ1v) is 34.0. The fourth-order valence-electron chi connectivity index (χ4n) is 8.96. The van der Waals surface area contributed by atoms with Crippen LogP contribution in [0.15, 0.2) is 146 Å². The maximum atomic E-state index is 12.9. The molecule has 0 spiro atoms. The van der Waals surface area contributed by atoms with Crippen LogP contribution in [-0.4, -0.2) is 87.4 Å². The molecular formula is C76H126NO8+. The number of carbonyl (C=O) groups is 3. The summed E-state index contributed by atoms with van der Waals surface area (Å²) >= 11 is 0. The Hall–Kier alpha value is -4.83. The normalized spacial score (nSPS) is 13.7. The quantitative estimate of drug-likeness (QED) is 0.0211. The predicted octanol–water partition coefficient (Wildman–Crippen LogP) is 21.1. The van der Waals surface area contributed by atoms with Crippen LogP contribution in [0.2, 0.25) is 0 Å². The number of carbonyl (C=O) groups excluding carboxylic acids is 2. The van der Waals surface area contributed by atoms with Gasteiger partial charge in [0, 0.05) is 12.8 Å². The Morgan fingerprint density at radius 2 is 0.635 bits per heavy atom. The van der Waals surface area contributed by atoms with Crippen molar-refractivity contribution in [2.75, 3.05) is 47.5 Å². The summed E-state index contributed by atoms with van der Waals surface area (Å²) < 4.78 is 23.0. The summed E-state index contributed by atoms with van der Waals surface area (Å²) in [5.41, 5.74) is 0. The maximum absolute atomic E-state index is 12.9. The van der Waals surface area contributed by atoms with E-state index < -0.39 is 24.3 Å². The number of likely N-dealkylation sites (N-methyl/N-ethyl adjacent to an activating group) is 1. The lowest BCUT2D eigenvalue weighted by molar-refractivity contribution is -0.870. The highest BCUT2D eigenvalue weighted by Gasteiger charge is 2.25. The molecule has 0 bridgehead atoms. The molecule has 2 unspecified atom stereocenters. The van der Waals surface area contributed by atoms with E-state index in [4.69, 9.17) is 18.9 Å². The van der Waals surface area contributed by atoms with Gasteiger partial charge < -0.3 is 28.5 Å². The van der Waals surface area contributed by atoms with Gasteiger partial charge in [0.1, 0.15) is 13.2 Å². The van der Waals surface area contributed by atoms with Crippen LogP contribution in [0.3, 0.4) is 0 Å². The van der Waals surface area contributed by atoms with E-state index in [-0.39, 0.29) is 38.6 Å². The van der Waals surface area contributed by atoms with Crippen molar-refractivity contribution in [3.8, 4) is 0 Å². The van der Waals surface area contributed by atoms with E-state index in [9.17, 15) is 19.5 Å². The first-order chi connectivity index (χ1) is 41.6. The molecule has 0 aromatic rings. The molecule has 0 aliphatic heterocycles. The van der Waals surface area contributed by atoms with Crippen LogP contribution in [0.25, 0.3) is 0 Å². The second-order valence-corrected chi connectivity index (χ2v) is 23.4. The summed E-state index contributed by atoms with van der Waals surface area (Å²) in [6, 6.07) is 0. The molecule has 0 saturated carbocycles. The van der Waals surface area contributed by atoms with Crippen LogP contribution in [-0.2, 0) is 33.3 Å². The molecule has 0 saturated heterocycles. The van der Waals surface area contributed by atoms with Crippen LogP contribution in [0.4, 0.5) is 0 Å². The minimum Gasteiger partial charge on any atom is -0.477 e. The number of quaternary nitrogens is 1. The Morgan fingerprint density at radius 1 is 0.353 bits per heavy atom. The lowest BCUT2D eigenvalue weighted by Crippen LogP contribution is -2.40. The van der Waals surface area contributed by atoms with E-state index in [1.165, 1.54) is 96.3 Å². The second kappa shape index (κ2) is 65.2. The van der Waals surface area contributed by atoms with Crippen molar-refractivity contribution < 1.29 is 42.9 Å². The van der Waals surface area contributed by atoms with E-state index in [2.05, 4.69) is 160 Å². The molecule has 0 fully saturated rings. The van der Waals surface area contributed by atoms with Crippen LogP contribution in [0.1, 0.15) is 258 Å². The molecule has 9 nitrogen and oxygen atoms in total. The Kier molecular flexibility index (Phi) is 61.4. The standard InChI is InChI=1S/C76H125NO8/c1-6-8-10-12-14-16-18-20-22-24-26-28-30-32-34-35-36-37-38-39-41-43-45-47-49-51-53-55-57-59-61-63-65-67-74(79)85-72(71-84-76(75(80)81)82-69-68-77(3,4)5)70-83-73(78)66-64-62-60-58-56-54-52-50-48-46-44-42-40-33-31-29-27-25-23-21-19-17-15-13-11-9-7-2/h8-11,14-17,20-23,26-29,32-34,36-37,40,44,46,72,76H,6-7,12-13,18-19,24-25,30-31,35,38-39,41-43,45,47-71H2,1-5H3/p+1/b10-8-,11-9-,16-14-,17-15-,22-20-,23-21-,28-26-,29-27-,34-32-,37-36-,40-33-,46-44-. The van der Waals surface area contributed by atoms with Crippen molar-refractivity contribution in [2.24, 2.45) is 0 Å². The third-order valence-electron chi connectivity index (χ3n) is 14.1. The van der Waals surface area contributed by atoms with E-state index in [1.807, 2.05) is 21.1 Å². The van der Waals surface area contributed by atoms with Crippen molar-refractivity contribution in [1.29, 1.82) is 0 Å². The third-order valence-corrected chi connectivity index (χ3v) is 14.1. The summed E-state index contributed by atoms with van der Waals surface area (Å²) in [5.74, 6) is -2.02. The fourth-order valence-corrected chi connectivity index (χ4v) is 8.96. The van der Waals surface area contributed by atoms with Crippen molar-refractivity contribution in [3.63, 3.8) is 0 Å². The molecule has 0 rings (SSSR count). The highest BCUT2D eigenvalue weighted by Crippen LogP contribution is 2.16. The maximum Gasteiger partial charge on any atom is 0.361 e. The zero-order chi connectivity index (χ0) is 61.9. The molecule has 0 aromatic carbocycles. The van der Waals surface area contributed by atoms with Gasteiger partial charge in [-0.15, -0.1) is 0 Å². The molecule has 0 amide bonds. The topological polar surface area (TPSA) is 108 Å². The van der Waals surface area contributed by atoms with E-state index in [1.54, 1.807) is 0 Å². The summed E-state index contributed by atoms with van der Waals surface area (Å²) in [5, 5.41) is 9.74. The average molecular weight is 1180 g/mol. The smallest absolute Gasteiger partial charge is 0.361 e. The van der Waals surface area contributed by atoms with Gasteiger partial charge in [0.2, 0.25) is 0 Å². The SMILES string of the molecule is CC/C=C\C/C=C\C/C=C\C/C=C\C/C=C\C/C=C\CCCCCCCCCCCCCCCCC(=O)OC(COC(=O)CCCCCCCCCC/C=C\C/C=C\C/C=C\C/C=C\C/C=C\C/C=C\CC)COC(OCC[N+](C)(C)C)C(=O)O. The van der Waals surface area contributed by atoms with Gasteiger partial charge in [-0.3, -0.25) is 9.59 Å². The van der Waals surface area contributed by atoms with E-state index >= 15 is 0 Å². The van der Waals surface area contributed by atoms with Gasteiger partial charge >= 0.3 is 17.9 Å². The molecule has 482 valence electrons. The molecule has 0 heterocycles. The van der Waals surface area contributed by atoms with Crippen molar-refractivity contribution in [3.05, 3.63) is 146 Å². The largest absolute Gasteiger partial charge is 0.477 e. The minimum absolute atomic E-state index is 0.179. The molecule has 85 heavy (non-hydrogen) atoms. The predicted molar refractivity (Wildman–Crippen MR) is 364 cm³/mol. The number of ether oxygens (including phenoxy) is 4. The number of hydrogen-bond donors (Lipinski definition) is 1. The summed E-state index contributed by atoms with van der Waals surface area (Å²) in [7, 11) is 5.97. The third kappa shape index (κ3) is 66.5. The number of allylic oxidation sites excluding steroid dienone is 24. The molecular weight excluding hydrogens is 1050 g/mol. The van der Waals surface area contributed by atoms with Gasteiger partial charge in [0.15, 0.2) is 6.10 Å². The number of rotatable bonds is 61. The molecule has 9 heteroatoms. The number of aliphatic carboxylic acids is 1. The zero-order valence-electron chi connectivity index (χ0n) is 55.0. The van der Waals surface area contributed by atoms with E-state index in [0.717, 1.165) is 128 Å². The van der Waals surface area contributed by atoms with Gasteiger partial charge in [0.25, 0.3) is 6.29 Å². The Balaban J connectivity index is 4.19. The van der Waals surface area contributed by atoms with Crippen LogP contribution >= 0.6 is 0 Å². The molecule has 0 radical (unpaired) electrons. The Bertz CT molecular complexity index is 1900. The molecule has 2 atom stereocenters. The van der Waals surface area contributed by atoms with E-state index in [0.29, 0.717) is 17.4 Å². The highest BCUT2D eigenvalue weighted by atomic mass is 16.7. The minimum atomic E-state index is -1.52.